The molecule has 0 amide bonds. The van der Waals surface area contributed by atoms with E-state index in [-0.39, 0.29) is 12.0 Å². The Morgan fingerprint density at radius 1 is 1.24 bits per heavy atom. The van der Waals surface area contributed by atoms with Crippen molar-refractivity contribution in [2.24, 2.45) is 5.92 Å². The summed E-state index contributed by atoms with van der Waals surface area (Å²) in [4.78, 5) is 10.6. The molecule has 5 heteroatoms. The maximum absolute atomic E-state index is 14.5. The van der Waals surface area contributed by atoms with Gasteiger partial charge in [0.2, 0.25) is 0 Å². The van der Waals surface area contributed by atoms with Crippen LogP contribution >= 0.6 is 15.9 Å². The first kappa shape index (κ1) is 15.9. The van der Waals surface area contributed by atoms with Crippen LogP contribution in [-0.2, 0) is 10.7 Å². The Morgan fingerprint density at radius 3 is 2.48 bits per heavy atom. The van der Waals surface area contributed by atoms with Gasteiger partial charge in [0.15, 0.2) is 0 Å². The van der Waals surface area contributed by atoms with Crippen LogP contribution in [0.5, 0.6) is 0 Å². The summed E-state index contributed by atoms with van der Waals surface area (Å²) >= 11 is 3.36. The standard InChI is InChI=1S/C16H15BrF2O2/c1-10(8-15(20)21)9-16(18,19)13-6-7-14(17)12-5-3-2-4-11(12)13/h2-7,10H,8-9H2,1H3,(H,20,21). The van der Waals surface area contributed by atoms with E-state index in [2.05, 4.69) is 15.9 Å². The van der Waals surface area contributed by atoms with Crippen molar-refractivity contribution in [3.8, 4) is 0 Å². The third kappa shape index (κ3) is 3.59. The molecule has 112 valence electrons. The number of carboxylic acid groups (broad SMARTS) is 1. The predicted molar refractivity (Wildman–Crippen MR) is 81.6 cm³/mol. The molecule has 0 aliphatic heterocycles. The van der Waals surface area contributed by atoms with Crippen LogP contribution in [0, 0.1) is 5.92 Å². The van der Waals surface area contributed by atoms with Gasteiger partial charge in [-0.3, -0.25) is 4.79 Å². The van der Waals surface area contributed by atoms with Gasteiger partial charge < -0.3 is 5.11 Å². The first-order valence-corrected chi connectivity index (χ1v) is 7.38. The number of benzene rings is 2. The minimum absolute atomic E-state index is 0.0569. The highest BCUT2D eigenvalue weighted by Gasteiger charge is 2.35. The minimum Gasteiger partial charge on any atom is -0.481 e. The molecule has 21 heavy (non-hydrogen) atoms. The van der Waals surface area contributed by atoms with E-state index in [9.17, 15) is 13.6 Å². The van der Waals surface area contributed by atoms with Gasteiger partial charge in [-0.05, 0) is 22.8 Å². The third-order valence-electron chi connectivity index (χ3n) is 3.39. The molecule has 0 spiro atoms. The molecule has 1 N–H and O–H groups in total. The van der Waals surface area contributed by atoms with Crippen molar-refractivity contribution in [1.82, 2.24) is 0 Å². The van der Waals surface area contributed by atoms with Crippen LogP contribution in [-0.4, -0.2) is 11.1 Å². The fraction of sp³-hybridized carbons (Fsp3) is 0.312. The molecule has 0 aliphatic rings. The summed E-state index contributed by atoms with van der Waals surface area (Å²) in [7, 11) is 0. The van der Waals surface area contributed by atoms with Crippen LogP contribution in [0.25, 0.3) is 10.8 Å². The zero-order chi connectivity index (χ0) is 15.6. The number of carboxylic acids is 1. The summed E-state index contributed by atoms with van der Waals surface area (Å²) in [5.74, 6) is -4.71. The van der Waals surface area contributed by atoms with E-state index in [4.69, 9.17) is 5.11 Å². The van der Waals surface area contributed by atoms with Crippen LogP contribution in [0.3, 0.4) is 0 Å². The zero-order valence-corrected chi connectivity index (χ0v) is 13.0. The fourth-order valence-electron chi connectivity index (χ4n) is 2.50. The number of carbonyl (C=O) groups is 1. The lowest BCUT2D eigenvalue weighted by molar-refractivity contribution is -0.138. The molecule has 0 bridgehead atoms. The number of rotatable bonds is 5. The SMILES string of the molecule is CC(CC(=O)O)CC(F)(F)c1ccc(Br)c2ccccc12. The Balaban J connectivity index is 2.40. The van der Waals surface area contributed by atoms with E-state index in [0.717, 1.165) is 9.86 Å². The molecule has 0 saturated carbocycles. The summed E-state index contributed by atoms with van der Waals surface area (Å²) in [6, 6.07) is 9.95. The van der Waals surface area contributed by atoms with Gasteiger partial charge in [0, 0.05) is 22.9 Å². The molecule has 0 aromatic heterocycles. The lowest BCUT2D eigenvalue weighted by Crippen LogP contribution is -2.19. The summed E-state index contributed by atoms with van der Waals surface area (Å²) in [6.07, 6.45) is -0.741. The van der Waals surface area contributed by atoms with Crippen LogP contribution in [0.2, 0.25) is 0 Å². The fourth-order valence-corrected chi connectivity index (χ4v) is 2.98. The van der Waals surface area contributed by atoms with Gasteiger partial charge >= 0.3 is 5.97 Å². The number of fused-ring (bicyclic) bond motifs is 1. The van der Waals surface area contributed by atoms with Gasteiger partial charge in [-0.1, -0.05) is 53.2 Å². The molecule has 2 aromatic rings. The highest BCUT2D eigenvalue weighted by molar-refractivity contribution is 9.10. The van der Waals surface area contributed by atoms with Crippen LogP contribution in [0.1, 0.15) is 25.3 Å². The zero-order valence-electron chi connectivity index (χ0n) is 11.4. The normalized spacial score (nSPS) is 13.3. The van der Waals surface area contributed by atoms with Crippen LogP contribution in [0.15, 0.2) is 40.9 Å². The van der Waals surface area contributed by atoms with E-state index in [1.807, 2.05) is 0 Å². The molecule has 2 aromatic carbocycles. The number of hydrogen-bond donors (Lipinski definition) is 1. The second kappa shape index (κ2) is 6.10. The maximum atomic E-state index is 14.5. The Labute approximate surface area is 129 Å². The van der Waals surface area contributed by atoms with Crippen molar-refractivity contribution < 1.29 is 18.7 Å². The molecule has 0 aliphatic carbocycles. The number of alkyl halides is 2. The van der Waals surface area contributed by atoms with E-state index in [1.54, 1.807) is 30.3 Å². The van der Waals surface area contributed by atoms with E-state index >= 15 is 0 Å². The molecule has 0 radical (unpaired) electrons. The first-order valence-electron chi connectivity index (χ1n) is 6.58. The second-order valence-corrected chi connectivity index (χ2v) is 6.11. The van der Waals surface area contributed by atoms with E-state index in [1.165, 1.54) is 13.0 Å². The average molecular weight is 357 g/mol. The van der Waals surface area contributed by atoms with Gasteiger partial charge in [-0.2, -0.15) is 0 Å². The average Bonchev–Trinajstić information content (AvgIpc) is 2.37. The number of hydrogen-bond acceptors (Lipinski definition) is 1. The van der Waals surface area contributed by atoms with Crippen LogP contribution < -0.4 is 0 Å². The van der Waals surface area contributed by atoms with Crippen molar-refractivity contribution in [2.45, 2.75) is 25.7 Å². The Hall–Kier alpha value is -1.49. The molecular weight excluding hydrogens is 342 g/mol. The van der Waals surface area contributed by atoms with Gasteiger partial charge in [-0.25, -0.2) is 8.78 Å². The molecule has 0 saturated heterocycles. The van der Waals surface area contributed by atoms with Gasteiger partial charge in [0.25, 0.3) is 5.92 Å². The third-order valence-corrected chi connectivity index (χ3v) is 4.08. The lowest BCUT2D eigenvalue weighted by Gasteiger charge is -2.22. The van der Waals surface area contributed by atoms with E-state index in [0.29, 0.717) is 5.39 Å². The highest BCUT2D eigenvalue weighted by Crippen LogP contribution is 2.40. The number of halogens is 3. The molecule has 1 atom stereocenters. The Bertz CT molecular complexity index is 670. The van der Waals surface area contributed by atoms with Crippen molar-refractivity contribution >= 4 is 32.7 Å². The molecule has 0 heterocycles. The smallest absolute Gasteiger partial charge is 0.303 e. The molecule has 1 unspecified atom stereocenters. The highest BCUT2D eigenvalue weighted by atomic mass is 79.9. The van der Waals surface area contributed by atoms with Crippen molar-refractivity contribution in [1.29, 1.82) is 0 Å². The number of aliphatic carboxylic acids is 1. The van der Waals surface area contributed by atoms with Gasteiger partial charge in [-0.15, -0.1) is 0 Å². The summed E-state index contributed by atoms with van der Waals surface area (Å²) < 4.78 is 29.8. The first-order chi connectivity index (χ1) is 9.81. The maximum Gasteiger partial charge on any atom is 0.303 e. The van der Waals surface area contributed by atoms with Crippen molar-refractivity contribution in [3.05, 3.63) is 46.4 Å². The quantitative estimate of drug-likeness (QED) is 0.799. The topological polar surface area (TPSA) is 37.3 Å². The Morgan fingerprint density at radius 2 is 1.86 bits per heavy atom. The summed E-state index contributed by atoms with van der Waals surface area (Å²) in [5.41, 5.74) is -0.0569. The monoisotopic (exact) mass is 356 g/mol. The molecule has 0 fully saturated rings. The summed E-state index contributed by atoms with van der Waals surface area (Å²) in [6.45, 7) is 1.53. The van der Waals surface area contributed by atoms with Gasteiger partial charge in [0.05, 0.1) is 0 Å². The summed E-state index contributed by atoms with van der Waals surface area (Å²) in [5, 5.41) is 9.92. The van der Waals surface area contributed by atoms with Crippen LogP contribution in [0.4, 0.5) is 8.78 Å². The van der Waals surface area contributed by atoms with Gasteiger partial charge in [0.1, 0.15) is 0 Å². The second-order valence-electron chi connectivity index (χ2n) is 5.25. The predicted octanol–water partition coefficient (Wildman–Crippen LogP) is 5.20. The largest absolute Gasteiger partial charge is 0.481 e. The molecule has 2 nitrogen and oxygen atoms in total. The van der Waals surface area contributed by atoms with E-state index < -0.39 is 24.2 Å². The molecule has 2 rings (SSSR count). The molecular formula is C16H15BrF2O2. The van der Waals surface area contributed by atoms with Crippen molar-refractivity contribution in [3.63, 3.8) is 0 Å². The lowest BCUT2D eigenvalue weighted by atomic mass is 9.92. The van der Waals surface area contributed by atoms with Crippen molar-refractivity contribution in [2.75, 3.05) is 0 Å². The minimum atomic E-state index is -3.06. The Kier molecular flexibility index (Phi) is 4.61.